The van der Waals surface area contributed by atoms with Crippen molar-refractivity contribution in [3.05, 3.63) is 42.3 Å². The number of rotatable bonds is 3. The van der Waals surface area contributed by atoms with E-state index < -0.39 is 23.6 Å². The third-order valence-electron chi connectivity index (χ3n) is 2.32. The zero-order valence-electron chi connectivity index (χ0n) is 10.3. The highest BCUT2D eigenvalue weighted by atomic mass is 16.5. The maximum Gasteiger partial charge on any atom is 0.263 e. The molecule has 0 fully saturated rings. The van der Waals surface area contributed by atoms with Gasteiger partial charge in [0.05, 0.1) is 0 Å². The summed E-state index contributed by atoms with van der Waals surface area (Å²) >= 11 is 0. The Hall–Kier alpha value is -3.03. The highest BCUT2D eigenvalue weighted by Gasteiger charge is 2.26. The first-order valence-electron chi connectivity index (χ1n) is 5.59. The van der Waals surface area contributed by atoms with Gasteiger partial charge in [0.15, 0.2) is 11.7 Å². The SMILES string of the molecule is NC(N)=NC(=O)C1C=C(Oc2cccnn2)C=CC1=O. The van der Waals surface area contributed by atoms with Gasteiger partial charge in [0.1, 0.15) is 11.7 Å². The van der Waals surface area contributed by atoms with Gasteiger partial charge in [-0.15, -0.1) is 5.10 Å². The van der Waals surface area contributed by atoms with Crippen molar-refractivity contribution in [1.82, 2.24) is 10.2 Å². The summed E-state index contributed by atoms with van der Waals surface area (Å²) in [6.07, 6.45) is 5.46. The molecule has 0 aliphatic heterocycles. The van der Waals surface area contributed by atoms with Crippen molar-refractivity contribution in [1.29, 1.82) is 0 Å². The fraction of sp³-hybridized carbons (Fsp3) is 0.0833. The second kappa shape index (κ2) is 5.74. The van der Waals surface area contributed by atoms with Gasteiger partial charge in [-0.1, -0.05) is 0 Å². The van der Waals surface area contributed by atoms with E-state index in [1.54, 1.807) is 12.1 Å². The zero-order chi connectivity index (χ0) is 14.5. The number of hydrogen-bond donors (Lipinski definition) is 2. The third kappa shape index (κ3) is 3.25. The first-order valence-corrected chi connectivity index (χ1v) is 5.59. The Bertz CT molecular complexity index is 617. The number of guanidine groups is 1. The standard InChI is InChI=1S/C12H11N5O3/c13-12(14)16-11(19)8-6-7(3-4-9(8)18)20-10-2-1-5-15-17-10/h1-6,8H,(H4,13,14,16,19). The molecule has 102 valence electrons. The summed E-state index contributed by atoms with van der Waals surface area (Å²) in [6, 6.07) is 3.23. The second-order valence-corrected chi connectivity index (χ2v) is 3.82. The lowest BCUT2D eigenvalue weighted by Gasteiger charge is -2.12. The third-order valence-corrected chi connectivity index (χ3v) is 2.32. The Balaban J connectivity index is 2.18. The summed E-state index contributed by atoms with van der Waals surface area (Å²) in [6.45, 7) is 0. The number of aromatic nitrogens is 2. The van der Waals surface area contributed by atoms with Gasteiger partial charge in [0.25, 0.3) is 5.91 Å². The van der Waals surface area contributed by atoms with E-state index >= 15 is 0 Å². The molecule has 0 aromatic carbocycles. The number of carbonyl (C=O) groups excluding carboxylic acids is 2. The molecule has 20 heavy (non-hydrogen) atoms. The Morgan fingerprint density at radius 3 is 2.80 bits per heavy atom. The number of nitrogens with two attached hydrogens (primary N) is 2. The molecular weight excluding hydrogens is 262 g/mol. The van der Waals surface area contributed by atoms with E-state index in [1.165, 1.54) is 24.4 Å². The fourth-order valence-corrected chi connectivity index (χ4v) is 1.49. The van der Waals surface area contributed by atoms with Crippen LogP contribution in [0.25, 0.3) is 0 Å². The molecule has 0 radical (unpaired) electrons. The lowest BCUT2D eigenvalue weighted by molar-refractivity contribution is -0.127. The Morgan fingerprint density at radius 1 is 1.35 bits per heavy atom. The predicted molar refractivity (Wildman–Crippen MR) is 69.2 cm³/mol. The molecule has 1 aliphatic rings. The molecule has 1 aromatic heterocycles. The number of nitrogens with zero attached hydrogens (tertiary/aromatic N) is 3. The van der Waals surface area contributed by atoms with Gasteiger partial charge >= 0.3 is 0 Å². The number of amides is 1. The predicted octanol–water partition coefficient (Wildman–Crippen LogP) is -0.706. The summed E-state index contributed by atoms with van der Waals surface area (Å²) < 4.78 is 5.37. The largest absolute Gasteiger partial charge is 0.438 e. The summed E-state index contributed by atoms with van der Waals surface area (Å²) in [4.78, 5) is 26.7. The molecule has 1 atom stereocenters. The minimum atomic E-state index is -1.10. The first kappa shape index (κ1) is 13.4. The highest BCUT2D eigenvalue weighted by molar-refractivity contribution is 6.11. The van der Waals surface area contributed by atoms with E-state index in [1.807, 2.05) is 0 Å². The van der Waals surface area contributed by atoms with Crippen molar-refractivity contribution < 1.29 is 14.3 Å². The number of hydrogen-bond acceptors (Lipinski definition) is 5. The average molecular weight is 273 g/mol. The lowest BCUT2D eigenvalue weighted by atomic mass is 9.98. The van der Waals surface area contributed by atoms with E-state index in [4.69, 9.17) is 16.2 Å². The monoisotopic (exact) mass is 273 g/mol. The molecule has 8 nitrogen and oxygen atoms in total. The van der Waals surface area contributed by atoms with Crippen LogP contribution < -0.4 is 16.2 Å². The molecule has 1 aliphatic carbocycles. The molecular formula is C12H11N5O3. The molecule has 8 heteroatoms. The van der Waals surface area contributed by atoms with Crippen molar-refractivity contribution >= 4 is 17.6 Å². The van der Waals surface area contributed by atoms with Crippen molar-refractivity contribution in [2.75, 3.05) is 0 Å². The van der Waals surface area contributed by atoms with Crippen LogP contribution >= 0.6 is 0 Å². The quantitative estimate of drug-likeness (QED) is 0.422. The molecule has 1 unspecified atom stereocenters. The number of ether oxygens (including phenoxy) is 1. The van der Waals surface area contributed by atoms with Crippen LogP contribution in [0.4, 0.5) is 0 Å². The number of carbonyl (C=O) groups is 2. The number of allylic oxidation sites excluding steroid dienone is 2. The molecule has 1 aromatic rings. The van der Waals surface area contributed by atoms with Crippen LogP contribution in [-0.4, -0.2) is 27.8 Å². The van der Waals surface area contributed by atoms with Crippen LogP contribution in [0.1, 0.15) is 0 Å². The van der Waals surface area contributed by atoms with E-state index in [0.29, 0.717) is 0 Å². The van der Waals surface area contributed by atoms with E-state index in [-0.39, 0.29) is 11.6 Å². The Labute approximate surface area is 113 Å². The summed E-state index contributed by atoms with van der Waals surface area (Å²) in [5.41, 5.74) is 10.2. The normalized spacial score (nSPS) is 17.3. The fourth-order valence-electron chi connectivity index (χ4n) is 1.49. The van der Waals surface area contributed by atoms with Gasteiger partial charge in [-0.25, -0.2) is 0 Å². The molecule has 0 bridgehead atoms. The van der Waals surface area contributed by atoms with Gasteiger partial charge in [-0.3, -0.25) is 9.59 Å². The van der Waals surface area contributed by atoms with Gasteiger partial charge in [0, 0.05) is 12.3 Å². The van der Waals surface area contributed by atoms with Crippen LogP contribution in [0.5, 0.6) is 5.88 Å². The molecule has 4 N–H and O–H groups in total. The second-order valence-electron chi connectivity index (χ2n) is 3.82. The topological polar surface area (TPSA) is 134 Å². The van der Waals surface area contributed by atoms with Gasteiger partial charge in [-0.2, -0.15) is 10.1 Å². The van der Waals surface area contributed by atoms with Crippen molar-refractivity contribution in [3.63, 3.8) is 0 Å². The zero-order valence-corrected chi connectivity index (χ0v) is 10.3. The van der Waals surface area contributed by atoms with Crippen molar-refractivity contribution in [3.8, 4) is 5.88 Å². The number of ketones is 1. The smallest absolute Gasteiger partial charge is 0.263 e. The molecule has 2 rings (SSSR count). The van der Waals surface area contributed by atoms with Gasteiger partial charge in [0.2, 0.25) is 5.88 Å². The van der Waals surface area contributed by atoms with Crippen LogP contribution in [0.15, 0.2) is 47.3 Å². The summed E-state index contributed by atoms with van der Waals surface area (Å²) in [5, 5.41) is 7.37. The van der Waals surface area contributed by atoms with Crippen LogP contribution in [-0.2, 0) is 9.59 Å². The van der Waals surface area contributed by atoms with Gasteiger partial charge < -0.3 is 16.2 Å². The minimum absolute atomic E-state index is 0.241. The van der Waals surface area contributed by atoms with Crippen molar-refractivity contribution in [2.45, 2.75) is 0 Å². The van der Waals surface area contributed by atoms with Gasteiger partial charge in [-0.05, 0) is 24.3 Å². The van der Waals surface area contributed by atoms with E-state index in [0.717, 1.165) is 0 Å². The molecule has 1 heterocycles. The maximum absolute atomic E-state index is 11.7. The Kier molecular flexibility index (Phi) is 3.85. The summed E-state index contributed by atoms with van der Waals surface area (Å²) in [5.74, 6) is -2.15. The Morgan fingerprint density at radius 2 is 2.15 bits per heavy atom. The average Bonchev–Trinajstić information content (AvgIpc) is 2.41. The first-order chi connectivity index (χ1) is 9.56. The lowest BCUT2D eigenvalue weighted by Crippen LogP contribution is -2.29. The van der Waals surface area contributed by atoms with Crippen LogP contribution in [0.2, 0.25) is 0 Å². The van der Waals surface area contributed by atoms with E-state index in [2.05, 4.69) is 15.2 Å². The molecule has 0 spiro atoms. The minimum Gasteiger partial charge on any atom is -0.438 e. The highest BCUT2D eigenvalue weighted by Crippen LogP contribution is 2.18. The van der Waals surface area contributed by atoms with E-state index in [9.17, 15) is 9.59 Å². The molecule has 1 amide bonds. The van der Waals surface area contributed by atoms with Crippen LogP contribution in [0, 0.1) is 5.92 Å². The van der Waals surface area contributed by atoms with Crippen molar-refractivity contribution in [2.24, 2.45) is 22.4 Å². The van der Waals surface area contributed by atoms with Crippen LogP contribution in [0.3, 0.4) is 0 Å². The maximum atomic E-state index is 11.7. The summed E-state index contributed by atoms with van der Waals surface area (Å²) in [7, 11) is 0. The molecule has 0 saturated heterocycles. The molecule has 0 saturated carbocycles. The number of aliphatic imine (C=N–C) groups is 1.